The van der Waals surface area contributed by atoms with Crippen LogP contribution < -0.4 is 15.4 Å². The highest BCUT2D eigenvalue weighted by Crippen LogP contribution is 2.15. The van der Waals surface area contributed by atoms with Gasteiger partial charge in [-0.3, -0.25) is 4.79 Å². The average Bonchev–Trinajstić information content (AvgIpc) is 2.58. The maximum absolute atomic E-state index is 13.1. The van der Waals surface area contributed by atoms with Gasteiger partial charge in [-0.15, -0.1) is 0 Å². The maximum atomic E-state index is 13.1. The van der Waals surface area contributed by atoms with E-state index < -0.39 is 0 Å². The summed E-state index contributed by atoms with van der Waals surface area (Å²) in [6.45, 7) is 5.76. The number of ether oxygens (including phenoxy) is 1. The monoisotopic (exact) mass is 330 g/mol. The molecule has 0 radical (unpaired) electrons. The first-order valence-electron chi connectivity index (χ1n) is 8.07. The van der Waals surface area contributed by atoms with Gasteiger partial charge in [0.1, 0.15) is 18.2 Å². The van der Waals surface area contributed by atoms with E-state index in [4.69, 9.17) is 4.74 Å². The second-order valence-corrected chi connectivity index (χ2v) is 5.62. The minimum absolute atomic E-state index is 0.118. The van der Waals surface area contributed by atoms with Crippen molar-refractivity contribution in [1.82, 2.24) is 10.6 Å². The summed E-state index contributed by atoms with van der Waals surface area (Å²) < 4.78 is 18.7. The highest BCUT2D eigenvalue weighted by Gasteiger charge is 2.08. The Morgan fingerprint density at radius 1 is 1.21 bits per heavy atom. The summed E-state index contributed by atoms with van der Waals surface area (Å²) in [6, 6.07) is 13.4. The Bertz CT molecular complexity index is 676. The molecule has 2 rings (SSSR count). The number of benzene rings is 2. The van der Waals surface area contributed by atoms with Crippen LogP contribution in [0.2, 0.25) is 0 Å². The average molecular weight is 330 g/mol. The molecule has 2 N–H and O–H groups in total. The Morgan fingerprint density at radius 2 is 2.00 bits per heavy atom. The molecular weight excluding hydrogens is 307 g/mol. The first-order valence-corrected chi connectivity index (χ1v) is 8.07. The second-order valence-electron chi connectivity index (χ2n) is 5.62. The zero-order valence-electron chi connectivity index (χ0n) is 14.0. The molecule has 0 spiro atoms. The molecule has 0 fully saturated rings. The van der Waals surface area contributed by atoms with Crippen LogP contribution in [0.5, 0.6) is 5.75 Å². The van der Waals surface area contributed by atoms with E-state index in [2.05, 4.69) is 10.6 Å². The van der Waals surface area contributed by atoms with Crippen molar-refractivity contribution in [3.8, 4) is 5.75 Å². The fourth-order valence-corrected chi connectivity index (χ4v) is 2.29. The minimum Gasteiger partial charge on any atom is -0.489 e. The molecule has 128 valence electrons. The lowest BCUT2D eigenvalue weighted by Crippen LogP contribution is -2.38. The lowest BCUT2D eigenvalue weighted by Gasteiger charge is -2.13. The predicted octanol–water partition coefficient (Wildman–Crippen LogP) is 3.13. The third kappa shape index (κ3) is 5.66. The molecule has 0 heterocycles. The van der Waals surface area contributed by atoms with Crippen molar-refractivity contribution in [2.45, 2.75) is 26.5 Å². The summed E-state index contributed by atoms with van der Waals surface area (Å²) in [4.78, 5) is 12.2. The molecule has 0 aliphatic carbocycles. The first kappa shape index (κ1) is 17.9. The van der Waals surface area contributed by atoms with Gasteiger partial charge in [-0.05, 0) is 43.3 Å². The van der Waals surface area contributed by atoms with Gasteiger partial charge in [-0.2, -0.15) is 0 Å². The zero-order valence-corrected chi connectivity index (χ0v) is 14.0. The number of likely N-dealkylation sites (N-methyl/N-ethyl adjacent to an activating group) is 1. The van der Waals surface area contributed by atoms with E-state index in [0.29, 0.717) is 17.9 Å². The van der Waals surface area contributed by atoms with Crippen molar-refractivity contribution in [2.24, 2.45) is 0 Å². The molecule has 5 heteroatoms. The van der Waals surface area contributed by atoms with Crippen LogP contribution in [0.3, 0.4) is 0 Å². The van der Waals surface area contributed by atoms with Gasteiger partial charge in [0, 0.05) is 24.2 Å². The predicted molar refractivity (Wildman–Crippen MR) is 92.6 cm³/mol. The number of nitrogens with one attached hydrogen (secondary N) is 2. The molecule has 2 aromatic rings. The van der Waals surface area contributed by atoms with E-state index in [1.54, 1.807) is 24.3 Å². The molecule has 0 bridgehead atoms. The molecular formula is C19H23FN2O2. The molecule has 1 atom stereocenters. The van der Waals surface area contributed by atoms with Crippen LogP contribution in [0, 0.1) is 5.82 Å². The van der Waals surface area contributed by atoms with E-state index in [0.717, 1.165) is 12.1 Å². The van der Waals surface area contributed by atoms with E-state index >= 15 is 0 Å². The number of rotatable bonds is 8. The highest BCUT2D eigenvalue weighted by molar-refractivity contribution is 5.94. The third-order valence-electron chi connectivity index (χ3n) is 3.51. The zero-order chi connectivity index (χ0) is 17.4. The van der Waals surface area contributed by atoms with Crippen LogP contribution in [0.15, 0.2) is 48.5 Å². The molecule has 24 heavy (non-hydrogen) atoms. The van der Waals surface area contributed by atoms with Crippen molar-refractivity contribution in [2.75, 3.05) is 13.1 Å². The van der Waals surface area contributed by atoms with E-state index in [1.807, 2.05) is 26.0 Å². The Hall–Kier alpha value is -2.40. The Kier molecular flexibility index (Phi) is 6.75. The molecule has 0 unspecified atom stereocenters. The van der Waals surface area contributed by atoms with Gasteiger partial charge >= 0.3 is 0 Å². The molecule has 1 amide bonds. The fraction of sp³-hybridized carbons (Fsp3) is 0.316. The van der Waals surface area contributed by atoms with Crippen molar-refractivity contribution < 1.29 is 13.9 Å². The summed E-state index contributed by atoms with van der Waals surface area (Å²) in [6.07, 6.45) is 0. The topological polar surface area (TPSA) is 50.4 Å². The number of carbonyl (C=O) groups is 1. The fourth-order valence-electron chi connectivity index (χ4n) is 2.29. The summed E-state index contributed by atoms with van der Waals surface area (Å²) in [5.41, 5.74) is 1.44. The van der Waals surface area contributed by atoms with Gasteiger partial charge in [0.05, 0.1) is 0 Å². The number of amides is 1. The van der Waals surface area contributed by atoms with E-state index in [1.165, 1.54) is 12.1 Å². The summed E-state index contributed by atoms with van der Waals surface area (Å²) in [5.74, 6) is 0.00659. The number of halogens is 1. The summed E-state index contributed by atoms with van der Waals surface area (Å²) in [7, 11) is 0. The van der Waals surface area contributed by atoms with Crippen molar-refractivity contribution in [1.29, 1.82) is 0 Å². The number of carbonyl (C=O) groups excluding carboxylic acids is 1. The number of hydrogen-bond donors (Lipinski definition) is 2. The van der Waals surface area contributed by atoms with Crippen LogP contribution in [0.4, 0.5) is 4.39 Å². The molecule has 0 aliphatic rings. The van der Waals surface area contributed by atoms with Crippen LogP contribution in [0.25, 0.3) is 0 Å². The van der Waals surface area contributed by atoms with Gasteiger partial charge in [0.25, 0.3) is 5.91 Å². The lowest BCUT2D eigenvalue weighted by atomic mass is 10.1. The van der Waals surface area contributed by atoms with Gasteiger partial charge in [-0.25, -0.2) is 4.39 Å². The van der Waals surface area contributed by atoms with Gasteiger partial charge in [-0.1, -0.05) is 25.1 Å². The van der Waals surface area contributed by atoms with Crippen molar-refractivity contribution >= 4 is 5.91 Å². The van der Waals surface area contributed by atoms with E-state index in [-0.39, 0.29) is 24.4 Å². The molecule has 2 aromatic carbocycles. The van der Waals surface area contributed by atoms with E-state index in [9.17, 15) is 9.18 Å². The van der Waals surface area contributed by atoms with Crippen molar-refractivity contribution in [3.05, 3.63) is 65.5 Å². The third-order valence-corrected chi connectivity index (χ3v) is 3.51. The second kappa shape index (κ2) is 9.03. The van der Waals surface area contributed by atoms with Crippen LogP contribution in [-0.4, -0.2) is 25.0 Å². The molecule has 0 saturated heterocycles. The van der Waals surface area contributed by atoms with Crippen LogP contribution in [-0.2, 0) is 6.61 Å². The molecule has 4 nitrogen and oxygen atoms in total. The summed E-state index contributed by atoms with van der Waals surface area (Å²) >= 11 is 0. The largest absolute Gasteiger partial charge is 0.489 e. The lowest BCUT2D eigenvalue weighted by molar-refractivity contribution is 0.0950. The number of hydrogen-bond acceptors (Lipinski definition) is 3. The standard InChI is InChI=1S/C19H23FN2O2/c1-3-21-14(2)12-22-19(23)16-7-4-6-15(10-16)13-24-18-9-5-8-17(20)11-18/h4-11,14,21H,3,12-13H2,1-2H3,(H,22,23)/t14-/m1/s1. The quantitative estimate of drug-likeness (QED) is 0.782. The highest BCUT2D eigenvalue weighted by atomic mass is 19.1. The van der Waals surface area contributed by atoms with Crippen LogP contribution >= 0.6 is 0 Å². The maximum Gasteiger partial charge on any atom is 0.251 e. The minimum atomic E-state index is -0.338. The Morgan fingerprint density at radius 3 is 2.75 bits per heavy atom. The molecule has 0 aliphatic heterocycles. The Labute approximate surface area is 142 Å². The Balaban J connectivity index is 1.92. The summed E-state index contributed by atoms with van der Waals surface area (Å²) in [5, 5.41) is 6.14. The van der Waals surface area contributed by atoms with Gasteiger partial charge in [0.15, 0.2) is 0 Å². The SMILES string of the molecule is CCN[C@H](C)CNC(=O)c1cccc(COc2cccc(F)c2)c1. The normalized spacial score (nSPS) is 11.8. The van der Waals surface area contributed by atoms with Crippen molar-refractivity contribution in [3.63, 3.8) is 0 Å². The molecule has 0 saturated carbocycles. The van der Waals surface area contributed by atoms with Gasteiger partial charge in [0.2, 0.25) is 0 Å². The van der Waals surface area contributed by atoms with Crippen LogP contribution in [0.1, 0.15) is 29.8 Å². The first-order chi connectivity index (χ1) is 11.6. The smallest absolute Gasteiger partial charge is 0.251 e. The van der Waals surface area contributed by atoms with Gasteiger partial charge < -0.3 is 15.4 Å². The molecule has 0 aromatic heterocycles.